The van der Waals surface area contributed by atoms with Gasteiger partial charge in [0.1, 0.15) is 5.75 Å². The summed E-state index contributed by atoms with van der Waals surface area (Å²) in [7, 11) is 1.70. The number of aromatic nitrogens is 2. The van der Waals surface area contributed by atoms with Gasteiger partial charge < -0.3 is 10.0 Å². The fourth-order valence-corrected chi connectivity index (χ4v) is 2.76. The molecule has 122 valence electrons. The van der Waals surface area contributed by atoms with Crippen molar-refractivity contribution in [3.05, 3.63) is 76.5 Å². The Morgan fingerprint density at radius 3 is 2.75 bits per heavy atom. The number of hydrogen-bond donors (Lipinski definition) is 1. The number of phenols is 1. The number of aromatic hydroxyl groups is 1. The van der Waals surface area contributed by atoms with E-state index in [-0.39, 0.29) is 17.2 Å². The molecule has 0 spiro atoms. The molecule has 0 aliphatic heterocycles. The minimum absolute atomic E-state index is 0.0324. The van der Waals surface area contributed by atoms with Crippen LogP contribution in [0.4, 0.5) is 0 Å². The van der Waals surface area contributed by atoms with Crippen molar-refractivity contribution in [1.29, 1.82) is 0 Å². The highest BCUT2D eigenvalue weighted by Crippen LogP contribution is 2.23. The number of rotatable bonds is 4. The van der Waals surface area contributed by atoms with E-state index in [9.17, 15) is 9.90 Å². The zero-order chi connectivity index (χ0) is 17.1. The minimum atomic E-state index is -0.249. The second-order valence-corrected chi connectivity index (χ2v) is 6.37. The Bertz CT molecular complexity index is 862. The molecular formula is C18H16BrN3O2. The van der Waals surface area contributed by atoms with Gasteiger partial charge in [-0.2, -0.15) is 5.10 Å². The van der Waals surface area contributed by atoms with Crippen LogP contribution in [0.3, 0.4) is 0 Å². The van der Waals surface area contributed by atoms with Crippen LogP contribution in [0.25, 0.3) is 5.69 Å². The van der Waals surface area contributed by atoms with Gasteiger partial charge >= 0.3 is 0 Å². The van der Waals surface area contributed by atoms with E-state index in [2.05, 4.69) is 21.0 Å². The van der Waals surface area contributed by atoms with E-state index >= 15 is 0 Å². The first-order chi connectivity index (χ1) is 11.5. The van der Waals surface area contributed by atoms with E-state index in [4.69, 9.17) is 0 Å². The van der Waals surface area contributed by atoms with Gasteiger partial charge in [0.25, 0.3) is 5.91 Å². The summed E-state index contributed by atoms with van der Waals surface area (Å²) in [4.78, 5) is 14.1. The highest BCUT2D eigenvalue weighted by Gasteiger charge is 2.17. The lowest BCUT2D eigenvalue weighted by Gasteiger charge is -2.17. The minimum Gasteiger partial charge on any atom is -0.507 e. The second kappa shape index (κ2) is 6.88. The van der Waals surface area contributed by atoms with Gasteiger partial charge in [-0.3, -0.25) is 4.79 Å². The maximum Gasteiger partial charge on any atom is 0.257 e. The van der Waals surface area contributed by atoms with Crippen LogP contribution in [-0.4, -0.2) is 32.7 Å². The molecule has 0 aliphatic carbocycles. The van der Waals surface area contributed by atoms with Crippen LogP contribution in [-0.2, 0) is 6.54 Å². The quantitative estimate of drug-likeness (QED) is 0.745. The van der Waals surface area contributed by atoms with E-state index in [1.54, 1.807) is 35.0 Å². The molecule has 5 nitrogen and oxygen atoms in total. The summed E-state index contributed by atoms with van der Waals surface area (Å²) in [5.74, 6) is -0.281. The highest BCUT2D eigenvalue weighted by atomic mass is 79.9. The third-order valence-corrected chi connectivity index (χ3v) is 4.11. The zero-order valence-electron chi connectivity index (χ0n) is 13.1. The van der Waals surface area contributed by atoms with Crippen LogP contribution in [0.1, 0.15) is 15.9 Å². The zero-order valence-corrected chi connectivity index (χ0v) is 14.6. The average Bonchev–Trinajstić information content (AvgIpc) is 3.05. The summed E-state index contributed by atoms with van der Waals surface area (Å²) in [5.41, 5.74) is 2.13. The number of hydrogen-bond acceptors (Lipinski definition) is 3. The maximum absolute atomic E-state index is 12.5. The van der Waals surface area contributed by atoms with Crippen LogP contribution in [0, 0.1) is 0 Å². The van der Waals surface area contributed by atoms with E-state index in [0.717, 1.165) is 15.7 Å². The summed E-state index contributed by atoms with van der Waals surface area (Å²) in [6.45, 7) is 0.400. The lowest BCUT2D eigenvalue weighted by Crippen LogP contribution is -2.26. The van der Waals surface area contributed by atoms with Crippen LogP contribution in [0.15, 0.2) is 65.4 Å². The van der Waals surface area contributed by atoms with Crippen LogP contribution in [0.2, 0.25) is 0 Å². The smallest absolute Gasteiger partial charge is 0.257 e. The van der Waals surface area contributed by atoms with Gasteiger partial charge in [0.15, 0.2) is 0 Å². The number of benzene rings is 2. The number of carbonyl (C=O) groups excluding carboxylic acids is 1. The van der Waals surface area contributed by atoms with E-state index in [1.807, 2.05) is 36.5 Å². The van der Waals surface area contributed by atoms with Gasteiger partial charge in [-0.1, -0.05) is 34.1 Å². The number of phenolic OH excluding ortho intramolecular Hbond substituents is 1. The number of amides is 1. The van der Waals surface area contributed by atoms with Crippen molar-refractivity contribution in [2.24, 2.45) is 0 Å². The molecule has 1 aromatic heterocycles. The molecule has 3 aromatic rings. The van der Waals surface area contributed by atoms with Gasteiger partial charge in [-0.25, -0.2) is 4.68 Å². The van der Waals surface area contributed by atoms with E-state index < -0.39 is 0 Å². The molecular weight excluding hydrogens is 370 g/mol. The van der Waals surface area contributed by atoms with Crippen molar-refractivity contribution < 1.29 is 9.90 Å². The SMILES string of the molecule is CN(Cc1cnn(-c2ccccc2)c1)C(=O)c1cc(Br)ccc1O. The normalized spacial score (nSPS) is 10.6. The molecule has 1 amide bonds. The summed E-state index contributed by atoms with van der Waals surface area (Å²) in [6.07, 6.45) is 3.62. The lowest BCUT2D eigenvalue weighted by atomic mass is 10.1. The van der Waals surface area contributed by atoms with Crippen molar-refractivity contribution in [2.75, 3.05) is 7.05 Å². The first-order valence-corrected chi connectivity index (χ1v) is 8.17. The third kappa shape index (κ3) is 3.49. The fraction of sp³-hybridized carbons (Fsp3) is 0.111. The average molecular weight is 386 g/mol. The third-order valence-electron chi connectivity index (χ3n) is 3.61. The number of nitrogens with zero attached hydrogens (tertiary/aromatic N) is 3. The fourth-order valence-electron chi connectivity index (χ4n) is 2.39. The standard InChI is InChI=1S/C18H16BrN3O2/c1-21(18(24)16-9-14(19)7-8-17(16)23)11-13-10-20-22(12-13)15-5-3-2-4-6-15/h2-10,12,23H,11H2,1H3. The lowest BCUT2D eigenvalue weighted by molar-refractivity contribution is 0.0782. The van der Waals surface area contributed by atoms with Gasteiger partial charge in [-0.15, -0.1) is 0 Å². The molecule has 6 heteroatoms. The molecule has 1 N–H and O–H groups in total. The Hall–Kier alpha value is -2.60. The Labute approximate surface area is 148 Å². The second-order valence-electron chi connectivity index (χ2n) is 5.45. The van der Waals surface area contributed by atoms with Crippen LogP contribution < -0.4 is 0 Å². The van der Waals surface area contributed by atoms with Crippen molar-refractivity contribution in [1.82, 2.24) is 14.7 Å². The summed E-state index contributed by atoms with van der Waals surface area (Å²) < 4.78 is 2.51. The number of para-hydroxylation sites is 1. The van der Waals surface area contributed by atoms with E-state index in [1.165, 1.54) is 6.07 Å². The Balaban J connectivity index is 1.75. The van der Waals surface area contributed by atoms with Gasteiger partial charge in [0.05, 0.1) is 17.4 Å². The molecule has 3 rings (SSSR count). The molecule has 0 saturated heterocycles. The Morgan fingerprint density at radius 2 is 2.00 bits per heavy atom. The monoisotopic (exact) mass is 385 g/mol. The van der Waals surface area contributed by atoms with E-state index in [0.29, 0.717) is 6.54 Å². The molecule has 2 aromatic carbocycles. The van der Waals surface area contributed by atoms with Gasteiger partial charge in [0, 0.05) is 29.8 Å². The number of carbonyl (C=O) groups is 1. The first-order valence-electron chi connectivity index (χ1n) is 7.37. The number of halogens is 1. The summed E-state index contributed by atoms with van der Waals surface area (Å²) in [6, 6.07) is 14.6. The van der Waals surface area contributed by atoms with Gasteiger partial charge in [0.2, 0.25) is 0 Å². The predicted molar refractivity (Wildman–Crippen MR) is 95.2 cm³/mol. The van der Waals surface area contributed by atoms with Crippen molar-refractivity contribution >= 4 is 21.8 Å². The summed E-state index contributed by atoms with van der Waals surface area (Å²) in [5, 5.41) is 14.2. The van der Waals surface area contributed by atoms with Crippen LogP contribution in [0.5, 0.6) is 5.75 Å². The molecule has 0 fully saturated rings. The van der Waals surface area contributed by atoms with Gasteiger partial charge in [-0.05, 0) is 30.3 Å². The Morgan fingerprint density at radius 1 is 1.25 bits per heavy atom. The maximum atomic E-state index is 12.5. The molecule has 0 unspecified atom stereocenters. The summed E-state index contributed by atoms with van der Waals surface area (Å²) >= 11 is 3.31. The topological polar surface area (TPSA) is 58.4 Å². The highest BCUT2D eigenvalue weighted by molar-refractivity contribution is 9.10. The molecule has 0 bridgehead atoms. The van der Waals surface area contributed by atoms with Crippen LogP contribution >= 0.6 is 15.9 Å². The molecule has 0 radical (unpaired) electrons. The predicted octanol–water partition coefficient (Wildman–Crippen LogP) is 3.61. The first kappa shape index (κ1) is 16.3. The van der Waals surface area contributed by atoms with Crippen molar-refractivity contribution in [2.45, 2.75) is 6.54 Å². The molecule has 24 heavy (non-hydrogen) atoms. The molecule has 0 aliphatic rings. The molecule has 0 saturated carbocycles. The molecule has 0 atom stereocenters. The Kier molecular flexibility index (Phi) is 4.66. The molecule has 1 heterocycles. The van der Waals surface area contributed by atoms with Crippen molar-refractivity contribution in [3.8, 4) is 11.4 Å². The largest absolute Gasteiger partial charge is 0.507 e. The van der Waals surface area contributed by atoms with Crippen molar-refractivity contribution in [3.63, 3.8) is 0 Å².